The lowest BCUT2D eigenvalue weighted by molar-refractivity contribution is 0.0589. The molecule has 0 atom stereocenters. The van der Waals surface area contributed by atoms with Crippen LogP contribution >= 0.6 is 35.3 Å². The molecule has 0 unspecified atom stereocenters. The van der Waals surface area contributed by atoms with Gasteiger partial charge in [0.05, 0.1) is 14.2 Å². The third-order valence-electron chi connectivity index (χ3n) is 4.76. The van der Waals surface area contributed by atoms with Crippen LogP contribution in [0.4, 0.5) is 0 Å². The molecule has 29 heavy (non-hydrogen) atoms. The average Bonchev–Trinajstić information content (AvgIpc) is 2.77. The van der Waals surface area contributed by atoms with Gasteiger partial charge in [-0.1, -0.05) is 43.2 Å². The molecule has 2 aromatic rings. The molecule has 8 heteroatoms. The van der Waals surface area contributed by atoms with E-state index in [9.17, 15) is 4.79 Å². The van der Waals surface area contributed by atoms with Crippen LogP contribution in [0.5, 0.6) is 5.75 Å². The monoisotopic (exact) mass is 450 g/mol. The fraction of sp³-hybridized carbons (Fsp3) is 0.476. The van der Waals surface area contributed by atoms with Gasteiger partial charge < -0.3 is 9.47 Å². The smallest absolute Gasteiger partial charge is 0.343 e. The topological polar surface area (TPSA) is 61.3 Å². The highest BCUT2D eigenvalue weighted by Gasteiger charge is 2.25. The minimum absolute atomic E-state index is 0.367. The fourth-order valence-corrected chi connectivity index (χ4v) is 6.01. The van der Waals surface area contributed by atoms with Gasteiger partial charge in [0.2, 0.25) is 0 Å². The molecular weight excluding hydrogens is 424 g/mol. The first kappa shape index (κ1) is 22.3. The van der Waals surface area contributed by atoms with Crippen molar-refractivity contribution in [3.05, 3.63) is 35.4 Å². The molecule has 0 amide bonds. The molecule has 1 saturated carbocycles. The van der Waals surface area contributed by atoms with Crippen LogP contribution in [-0.2, 0) is 10.5 Å². The van der Waals surface area contributed by atoms with Gasteiger partial charge in [0, 0.05) is 11.0 Å². The van der Waals surface area contributed by atoms with Crippen LogP contribution in [0.2, 0.25) is 0 Å². The highest BCUT2D eigenvalue weighted by atomic mass is 32.2. The van der Waals surface area contributed by atoms with E-state index in [4.69, 9.17) is 9.47 Å². The number of aromatic nitrogens is 2. The molecule has 0 radical (unpaired) electrons. The van der Waals surface area contributed by atoms with Crippen LogP contribution in [0.3, 0.4) is 0 Å². The van der Waals surface area contributed by atoms with Crippen molar-refractivity contribution in [3.8, 4) is 5.75 Å². The zero-order valence-electron chi connectivity index (χ0n) is 17.0. The van der Waals surface area contributed by atoms with E-state index in [1.165, 1.54) is 38.1 Å². The van der Waals surface area contributed by atoms with Crippen LogP contribution in [0.15, 0.2) is 39.5 Å². The van der Waals surface area contributed by atoms with Crippen LogP contribution in [0, 0.1) is 0 Å². The van der Waals surface area contributed by atoms with E-state index in [-0.39, 0.29) is 5.97 Å². The second kappa shape index (κ2) is 11.1. The summed E-state index contributed by atoms with van der Waals surface area (Å²) in [5.41, 5.74) is 1.64. The third kappa shape index (κ3) is 6.06. The maximum absolute atomic E-state index is 12.6. The Labute approximate surface area is 185 Å². The van der Waals surface area contributed by atoms with E-state index in [0.717, 1.165) is 29.2 Å². The Morgan fingerprint density at radius 1 is 1.07 bits per heavy atom. The first-order valence-electron chi connectivity index (χ1n) is 9.61. The second-order valence-corrected chi connectivity index (χ2v) is 9.73. The largest absolute Gasteiger partial charge is 0.497 e. The molecule has 1 aromatic heterocycles. The van der Waals surface area contributed by atoms with Crippen molar-refractivity contribution in [3.63, 3.8) is 0 Å². The molecule has 0 bridgehead atoms. The lowest BCUT2D eigenvalue weighted by atomic mass is 10.0. The summed E-state index contributed by atoms with van der Waals surface area (Å²) in [6, 6.07) is 7.93. The second-order valence-electron chi connectivity index (χ2n) is 6.70. The van der Waals surface area contributed by atoms with Crippen molar-refractivity contribution >= 4 is 41.3 Å². The molecule has 1 aromatic carbocycles. The number of hydrogen-bond acceptors (Lipinski definition) is 8. The Balaban J connectivity index is 1.88. The number of ether oxygens (including phenoxy) is 2. The summed E-state index contributed by atoms with van der Waals surface area (Å²) in [7, 11) is 3.07. The van der Waals surface area contributed by atoms with Crippen molar-refractivity contribution in [1.29, 1.82) is 0 Å². The molecule has 156 valence electrons. The quantitative estimate of drug-likeness (QED) is 0.219. The number of methoxy groups -OCH3 is 2. The van der Waals surface area contributed by atoms with Crippen molar-refractivity contribution < 1.29 is 14.3 Å². The Morgan fingerprint density at radius 3 is 2.38 bits per heavy atom. The average molecular weight is 451 g/mol. The highest BCUT2D eigenvalue weighted by Crippen LogP contribution is 2.38. The predicted molar refractivity (Wildman–Crippen MR) is 120 cm³/mol. The third-order valence-corrected chi connectivity index (χ3v) is 7.68. The fourth-order valence-electron chi connectivity index (χ4n) is 3.17. The van der Waals surface area contributed by atoms with Gasteiger partial charge in [-0.25, -0.2) is 14.8 Å². The Kier molecular flexibility index (Phi) is 8.56. The van der Waals surface area contributed by atoms with E-state index < -0.39 is 0 Å². The first-order valence-corrected chi connectivity index (χ1v) is 12.7. The zero-order chi connectivity index (χ0) is 20.6. The van der Waals surface area contributed by atoms with Gasteiger partial charge in [0.15, 0.2) is 5.16 Å². The van der Waals surface area contributed by atoms with E-state index in [1.807, 2.05) is 30.5 Å². The van der Waals surface area contributed by atoms with Gasteiger partial charge in [-0.15, -0.1) is 23.5 Å². The highest BCUT2D eigenvalue weighted by molar-refractivity contribution is 8.00. The first-order chi connectivity index (χ1) is 14.1. The van der Waals surface area contributed by atoms with Gasteiger partial charge in [-0.3, -0.25) is 0 Å². The summed E-state index contributed by atoms with van der Waals surface area (Å²) >= 11 is 4.75. The van der Waals surface area contributed by atoms with Crippen LogP contribution in [-0.4, -0.2) is 41.7 Å². The Bertz CT molecular complexity index is 825. The molecule has 0 aliphatic heterocycles. The van der Waals surface area contributed by atoms with Gasteiger partial charge in [-0.05, 0) is 36.8 Å². The summed E-state index contributed by atoms with van der Waals surface area (Å²) < 4.78 is 10.3. The van der Waals surface area contributed by atoms with Gasteiger partial charge in [0.25, 0.3) is 0 Å². The molecule has 5 nitrogen and oxygen atoms in total. The van der Waals surface area contributed by atoms with Crippen LogP contribution < -0.4 is 4.74 Å². The van der Waals surface area contributed by atoms with Crippen LogP contribution in [0.25, 0.3) is 0 Å². The van der Waals surface area contributed by atoms with E-state index in [2.05, 4.69) is 9.97 Å². The molecule has 0 N–H and O–H groups in total. The molecule has 0 saturated heterocycles. The van der Waals surface area contributed by atoms with Crippen LogP contribution in [0.1, 0.15) is 48.0 Å². The van der Waals surface area contributed by atoms with E-state index in [0.29, 0.717) is 26.7 Å². The van der Waals surface area contributed by atoms with Crippen molar-refractivity contribution in [1.82, 2.24) is 9.97 Å². The summed E-state index contributed by atoms with van der Waals surface area (Å²) in [6.07, 6.45) is 8.07. The maximum Gasteiger partial charge on any atom is 0.343 e. The molecular formula is C21H26N2O3S3. The summed E-state index contributed by atoms with van der Waals surface area (Å²) in [5, 5.41) is 2.62. The lowest BCUT2D eigenvalue weighted by Crippen LogP contribution is -2.13. The maximum atomic E-state index is 12.6. The Morgan fingerprint density at radius 2 is 1.76 bits per heavy atom. The molecule has 1 fully saturated rings. The Hall–Kier alpha value is -1.38. The number of benzene rings is 1. The number of carbonyl (C=O) groups excluding carboxylic acids is 1. The van der Waals surface area contributed by atoms with E-state index in [1.54, 1.807) is 30.6 Å². The van der Waals surface area contributed by atoms with Crippen molar-refractivity contribution in [2.45, 2.75) is 58.3 Å². The van der Waals surface area contributed by atoms with Gasteiger partial charge in [0.1, 0.15) is 21.4 Å². The predicted octanol–water partition coefficient (Wildman–Crippen LogP) is 5.71. The molecule has 3 rings (SSSR count). The molecule has 1 heterocycles. The number of esters is 1. The standard InChI is InChI=1S/C21H26N2O3S3/c1-25-15-11-9-14(10-12-15)13-28-18-17(20(24)26-2)19(23-21(22-18)27-3)29-16-7-5-4-6-8-16/h9-12,16H,4-8,13H2,1-3H3. The summed E-state index contributed by atoms with van der Waals surface area (Å²) in [5.74, 6) is 1.16. The summed E-state index contributed by atoms with van der Waals surface area (Å²) in [4.78, 5) is 22.0. The molecule has 1 aliphatic carbocycles. The number of thioether (sulfide) groups is 3. The number of rotatable bonds is 8. The van der Waals surface area contributed by atoms with Gasteiger partial charge >= 0.3 is 5.97 Å². The SMILES string of the molecule is COC(=O)c1c(SCc2ccc(OC)cc2)nc(SC)nc1SC1CCCCC1. The number of hydrogen-bond donors (Lipinski definition) is 0. The minimum atomic E-state index is -0.367. The van der Waals surface area contributed by atoms with Gasteiger partial charge in [-0.2, -0.15) is 0 Å². The van der Waals surface area contributed by atoms with Crippen molar-refractivity contribution in [2.24, 2.45) is 0 Å². The minimum Gasteiger partial charge on any atom is -0.497 e. The van der Waals surface area contributed by atoms with Crippen molar-refractivity contribution in [2.75, 3.05) is 20.5 Å². The van der Waals surface area contributed by atoms with E-state index >= 15 is 0 Å². The number of carbonyl (C=O) groups is 1. The lowest BCUT2D eigenvalue weighted by Gasteiger charge is -2.22. The molecule has 1 aliphatic rings. The summed E-state index contributed by atoms with van der Waals surface area (Å²) in [6.45, 7) is 0. The number of nitrogens with zero attached hydrogens (tertiary/aromatic N) is 2. The normalized spacial score (nSPS) is 14.6. The zero-order valence-corrected chi connectivity index (χ0v) is 19.4. The molecule has 0 spiro atoms.